The van der Waals surface area contributed by atoms with E-state index in [4.69, 9.17) is 9.47 Å². The van der Waals surface area contributed by atoms with Gasteiger partial charge in [0.05, 0.1) is 49.9 Å². The van der Waals surface area contributed by atoms with Crippen LogP contribution in [0.15, 0.2) is 65.5 Å². The number of ether oxygens (including phenoxy) is 2. The molecule has 5 rings (SSSR count). The summed E-state index contributed by atoms with van der Waals surface area (Å²) in [5, 5.41) is 0. The molecular formula is C21H20N2O3. The highest BCUT2D eigenvalue weighted by Gasteiger charge is 2.32. The summed E-state index contributed by atoms with van der Waals surface area (Å²) in [6.45, 7) is 2.61. The summed E-state index contributed by atoms with van der Waals surface area (Å²) in [7, 11) is 0. The van der Waals surface area contributed by atoms with Gasteiger partial charge < -0.3 is 9.47 Å². The molecule has 0 amide bonds. The molecule has 0 aliphatic carbocycles. The van der Waals surface area contributed by atoms with Gasteiger partial charge in [0.15, 0.2) is 0 Å². The number of nitrogens with zero attached hydrogens (tertiary/aromatic N) is 2. The Hall–Kier alpha value is -2.63. The molecule has 0 spiro atoms. The number of imidazole rings is 1. The first-order valence-electron chi connectivity index (χ1n) is 8.98. The molecule has 2 aliphatic heterocycles. The predicted octanol–water partition coefficient (Wildman–Crippen LogP) is 2.78. The van der Waals surface area contributed by atoms with Gasteiger partial charge in [0.1, 0.15) is 0 Å². The fourth-order valence-electron chi connectivity index (χ4n) is 3.46. The van der Waals surface area contributed by atoms with Crippen molar-refractivity contribution in [2.45, 2.75) is 25.3 Å². The largest absolute Gasteiger partial charge is 0.371 e. The zero-order chi connectivity index (χ0) is 17.5. The molecule has 0 unspecified atom stereocenters. The number of hydrogen-bond acceptors (Lipinski definition) is 3. The Bertz CT molecular complexity index is 890. The van der Waals surface area contributed by atoms with Gasteiger partial charge in [0.25, 0.3) is 0 Å². The van der Waals surface area contributed by atoms with E-state index in [1.807, 2.05) is 45.5 Å². The van der Waals surface area contributed by atoms with Gasteiger partial charge in [-0.05, 0) is 0 Å². The number of hydrogen-bond donors (Lipinski definition) is 0. The van der Waals surface area contributed by atoms with Crippen molar-refractivity contribution in [3.05, 3.63) is 71.1 Å². The van der Waals surface area contributed by atoms with Crippen LogP contribution in [0.3, 0.4) is 0 Å². The molecule has 2 aliphatic rings. The summed E-state index contributed by atoms with van der Waals surface area (Å²) >= 11 is 0. The van der Waals surface area contributed by atoms with Crippen molar-refractivity contribution in [2.75, 3.05) is 13.2 Å². The molecule has 0 N–H and O–H groups in total. The van der Waals surface area contributed by atoms with E-state index in [9.17, 15) is 4.79 Å². The zero-order valence-corrected chi connectivity index (χ0v) is 14.4. The van der Waals surface area contributed by atoms with Gasteiger partial charge in [-0.3, -0.25) is 9.13 Å². The van der Waals surface area contributed by atoms with Crippen LogP contribution in [0.2, 0.25) is 0 Å². The van der Waals surface area contributed by atoms with Gasteiger partial charge in [0.2, 0.25) is 0 Å². The highest BCUT2D eigenvalue weighted by molar-refractivity contribution is 5.79. The Balaban J connectivity index is 1.77. The predicted molar refractivity (Wildman–Crippen MR) is 99.0 cm³/mol. The highest BCUT2D eigenvalue weighted by atomic mass is 16.6. The average Bonchev–Trinajstić information content (AvgIpc) is 3.60. The van der Waals surface area contributed by atoms with Crippen molar-refractivity contribution in [2.24, 2.45) is 0 Å². The van der Waals surface area contributed by atoms with E-state index in [0.29, 0.717) is 13.1 Å². The van der Waals surface area contributed by atoms with E-state index in [1.165, 1.54) is 0 Å². The van der Waals surface area contributed by atoms with Crippen molar-refractivity contribution < 1.29 is 9.47 Å². The van der Waals surface area contributed by atoms with Gasteiger partial charge >= 0.3 is 5.69 Å². The summed E-state index contributed by atoms with van der Waals surface area (Å²) in [6, 6.07) is 20.3. The molecule has 2 saturated heterocycles. The van der Waals surface area contributed by atoms with Crippen molar-refractivity contribution >= 4 is 0 Å². The molecule has 5 nitrogen and oxygen atoms in total. The second-order valence-corrected chi connectivity index (χ2v) is 6.84. The van der Waals surface area contributed by atoms with Crippen LogP contribution in [0, 0.1) is 0 Å². The lowest BCUT2D eigenvalue weighted by Crippen LogP contribution is -2.28. The van der Waals surface area contributed by atoms with Gasteiger partial charge in [0, 0.05) is 11.1 Å². The molecule has 3 heterocycles. The zero-order valence-electron chi connectivity index (χ0n) is 14.4. The van der Waals surface area contributed by atoms with E-state index in [0.717, 1.165) is 35.7 Å². The SMILES string of the molecule is O=c1n(C[C@H]2CO2)c(-c2ccccc2)c(-c2ccccc2)n1C[C@@H]1CO1. The van der Waals surface area contributed by atoms with Crippen molar-refractivity contribution in [1.29, 1.82) is 0 Å². The van der Waals surface area contributed by atoms with Crippen molar-refractivity contribution in [3.63, 3.8) is 0 Å². The highest BCUT2D eigenvalue weighted by Crippen LogP contribution is 2.33. The second kappa shape index (κ2) is 6.27. The van der Waals surface area contributed by atoms with Crippen LogP contribution in [0.1, 0.15) is 0 Å². The van der Waals surface area contributed by atoms with Crippen LogP contribution in [-0.2, 0) is 22.6 Å². The quantitative estimate of drug-likeness (QED) is 0.644. The summed E-state index contributed by atoms with van der Waals surface area (Å²) in [4.78, 5) is 13.3. The van der Waals surface area contributed by atoms with E-state index < -0.39 is 0 Å². The Kier molecular flexibility index (Phi) is 3.76. The Morgan fingerprint density at radius 3 is 1.46 bits per heavy atom. The molecule has 5 heteroatoms. The molecule has 2 atom stereocenters. The van der Waals surface area contributed by atoms with Crippen LogP contribution in [0.5, 0.6) is 0 Å². The van der Waals surface area contributed by atoms with Crippen molar-refractivity contribution in [3.8, 4) is 22.5 Å². The molecule has 26 heavy (non-hydrogen) atoms. The van der Waals surface area contributed by atoms with Gasteiger partial charge in [-0.15, -0.1) is 0 Å². The minimum atomic E-state index is 0.00806. The topological polar surface area (TPSA) is 52.0 Å². The third-order valence-electron chi connectivity index (χ3n) is 4.90. The normalized spacial score (nSPS) is 20.9. The first kappa shape index (κ1) is 15.6. The van der Waals surface area contributed by atoms with E-state index in [2.05, 4.69) is 24.3 Å². The second-order valence-electron chi connectivity index (χ2n) is 6.84. The number of benzene rings is 2. The smallest absolute Gasteiger partial charge is 0.329 e. The van der Waals surface area contributed by atoms with Gasteiger partial charge in [-0.25, -0.2) is 4.79 Å². The first-order chi connectivity index (χ1) is 12.8. The number of epoxide rings is 2. The summed E-state index contributed by atoms with van der Waals surface area (Å²) in [5.74, 6) is 0. The third kappa shape index (κ3) is 2.89. The number of rotatable bonds is 6. The van der Waals surface area contributed by atoms with E-state index in [-0.39, 0.29) is 17.9 Å². The van der Waals surface area contributed by atoms with Gasteiger partial charge in [-0.1, -0.05) is 60.7 Å². The Morgan fingerprint density at radius 1 is 0.731 bits per heavy atom. The summed E-state index contributed by atoms with van der Waals surface area (Å²) in [5.41, 5.74) is 4.00. The lowest BCUT2D eigenvalue weighted by atomic mass is 10.0. The molecule has 132 valence electrons. The number of aromatic nitrogens is 2. The van der Waals surface area contributed by atoms with Crippen LogP contribution in [0.4, 0.5) is 0 Å². The Morgan fingerprint density at radius 2 is 1.12 bits per heavy atom. The lowest BCUT2D eigenvalue weighted by molar-refractivity contribution is 0.371. The molecule has 0 radical (unpaired) electrons. The maximum absolute atomic E-state index is 13.3. The molecule has 0 bridgehead atoms. The average molecular weight is 348 g/mol. The van der Waals surface area contributed by atoms with Crippen molar-refractivity contribution in [1.82, 2.24) is 9.13 Å². The minimum absolute atomic E-state index is 0.00806. The monoisotopic (exact) mass is 348 g/mol. The van der Waals surface area contributed by atoms with Crippen LogP contribution in [0.25, 0.3) is 22.5 Å². The molecule has 2 aromatic carbocycles. The molecule has 2 fully saturated rings. The molecule has 1 aromatic heterocycles. The summed E-state index contributed by atoms with van der Waals surface area (Å²) < 4.78 is 14.6. The minimum Gasteiger partial charge on any atom is -0.371 e. The maximum atomic E-state index is 13.3. The molecular weight excluding hydrogens is 328 g/mol. The first-order valence-corrected chi connectivity index (χ1v) is 8.98. The van der Waals surface area contributed by atoms with Crippen LogP contribution < -0.4 is 5.69 Å². The fraction of sp³-hybridized carbons (Fsp3) is 0.286. The standard InChI is InChI=1S/C21H20N2O3/c24-21-22(11-17-13-25-17)19(15-7-3-1-4-8-15)20(16-9-5-2-6-10-16)23(21)12-18-14-26-18/h1-10,17-18H,11-14H2/t17-,18+. The maximum Gasteiger partial charge on any atom is 0.329 e. The van der Waals surface area contributed by atoms with Crippen LogP contribution in [-0.4, -0.2) is 34.6 Å². The van der Waals surface area contributed by atoms with E-state index in [1.54, 1.807) is 0 Å². The fourth-order valence-corrected chi connectivity index (χ4v) is 3.46. The van der Waals surface area contributed by atoms with E-state index >= 15 is 0 Å². The molecule has 0 saturated carbocycles. The molecule has 3 aromatic rings. The lowest BCUT2D eigenvalue weighted by Gasteiger charge is -2.11. The summed E-state index contributed by atoms with van der Waals surface area (Å²) in [6.07, 6.45) is 0.263. The Labute approximate surface area is 151 Å². The van der Waals surface area contributed by atoms with Crippen LogP contribution >= 0.6 is 0 Å². The van der Waals surface area contributed by atoms with Gasteiger partial charge in [-0.2, -0.15) is 0 Å². The third-order valence-corrected chi connectivity index (χ3v) is 4.90.